The molecule has 2 amide bonds. The second-order valence-electron chi connectivity index (χ2n) is 6.90. The molecule has 34 heavy (non-hydrogen) atoms. The van der Waals surface area contributed by atoms with Crippen LogP contribution in [0.4, 0.5) is 11.4 Å². The van der Waals surface area contributed by atoms with Crippen LogP contribution >= 0.6 is 15.9 Å². The van der Waals surface area contributed by atoms with Gasteiger partial charge >= 0.3 is 5.97 Å². The zero-order valence-electron chi connectivity index (χ0n) is 17.8. The molecule has 2 N–H and O–H groups in total. The van der Waals surface area contributed by atoms with Crippen molar-refractivity contribution < 1.29 is 24.0 Å². The summed E-state index contributed by atoms with van der Waals surface area (Å²) in [5, 5.41) is 16.3. The molecule has 0 fully saturated rings. The number of esters is 1. The lowest BCUT2D eigenvalue weighted by Gasteiger charge is -2.12. The van der Waals surface area contributed by atoms with Crippen LogP contribution in [-0.2, 0) is 9.53 Å². The third-order valence-corrected chi connectivity index (χ3v) is 5.06. The summed E-state index contributed by atoms with van der Waals surface area (Å²) in [6, 6.07) is 18.2. The number of nitro groups is 1. The van der Waals surface area contributed by atoms with Gasteiger partial charge in [-0.25, -0.2) is 4.79 Å². The molecule has 9 nitrogen and oxygen atoms in total. The SMILES string of the molecule is COC(=O)c1cccc(NC(=O)/C(=C/c2cccc([N+](=O)[O-])c2)NC(=O)c2ccc(Br)cc2)c1. The Bertz CT molecular complexity index is 1290. The predicted molar refractivity (Wildman–Crippen MR) is 129 cm³/mol. The summed E-state index contributed by atoms with van der Waals surface area (Å²) in [5.74, 6) is -1.83. The molecule has 0 aliphatic heterocycles. The Kier molecular flexibility index (Phi) is 7.88. The van der Waals surface area contributed by atoms with Crippen molar-refractivity contribution in [2.75, 3.05) is 12.4 Å². The van der Waals surface area contributed by atoms with Crippen molar-refractivity contribution in [2.45, 2.75) is 0 Å². The average Bonchev–Trinajstić information content (AvgIpc) is 2.83. The largest absolute Gasteiger partial charge is 0.465 e. The number of hydrogen-bond acceptors (Lipinski definition) is 6. The van der Waals surface area contributed by atoms with Crippen LogP contribution in [0.5, 0.6) is 0 Å². The van der Waals surface area contributed by atoms with Gasteiger partial charge in [-0.3, -0.25) is 19.7 Å². The monoisotopic (exact) mass is 523 g/mol. The number of nitrogens with zero attached hydrogens (tertiary/aromatic N) is 1. The van der Waals surface area contributed by atoms with E-state index < -0.39 is 22.7 Å². The van der Waals surface area contributed by atoms with Crippen molar-refractivity contribution >= 4 is 51.2 Å². The Balaban J connectivity index is 1.93. The number of non-ortho nitro benzene ring substituents is 1. The number of amides is 2. The van der Waals surface area contributed by atoms with Gasteiger partial charge in [0.25, 0.3) is 17.5 Å². The van der Waals surface area contributed by atoms with Gasteiger partial charge < -0.3 is 15.4 Å². The van der Waals surface area contributed by atoms with E-state index in [1.54, 1.807) is 42.5 Å². The minimum Gasteiger partial charge on any atom is -0.465 e. The van der Waals surface area contributed by atoms with E-state index in [2.05, 4.69) is 31.3 Å². The third-order valence-electron chi connectivity index (χ3n) is 4.53. The molecular weight excluding hydrogens is 506 g/mol. The highest BCUT2D eigenvalue weighted by Gasteiger charge is 2.17. The fourth-order valence-electron chi connectivity index (χ4n) is 2.89. The molecule has 0 bridgehead atoms. The molecule has 172 valence electrons. The first kappa shape index (κ1) is 24.3. The van der Waals surface area contributed by atoms with Gasteiger partial charge in [-0.1, -0.05) is 34.1 Å². The van der Waals surface area contributed by atoms with E-state index in [1.165, 1.54) is 43.5 Å². The fraction of sp³-hybridized carbons (Fsp3) is 0.0417. The van der Waals surface area contributed by atoms with Crippen molar-refractivity contribution in [1.82, 2.24) is 5.32 Å². The molecular formula is C24H18BrN3O6. The Morgan fingerprint density at radius 1 is 0.971 bits per heavy atom. The van der Waals surface area contributed by atoms with Gasteiger partial charge in [-0.05, 0) is 54.1 Å². The quantitative estimate of drug-likeness (QED) is 0.202. The molecule has 10 heteroatoms. The van der Waals surface area contributed by atoms with E-state index in [0.717, 1.165) is 4.47 Å². The first-order valence-electron chi connectivity index (χ1n) is 9.79. The number of carbonyl (C=O) groups is 3. The zero-order valence-corrected chi connectivity index (χ0v) is 19.4. The van der Waals surface area contributed by atoms with Gasteiger partial charge in [0.1, 0.15) is 5.70 Å². The van der Waals surface area contributed by atoms with Crippen molar-refractivity contribution in [3.05, 3.63) is 110 Å². The summed E-state index contributed by atoms with van der Waals surface area (Å²) in [4.78, 5) is 48.1. The Morgan fingerprint density at radius 3 is 2.35 bits per heavy atom. The average molecular weight is 524 g/mol. The van der Waals surface area contributed by atoms with E-state index in [1.807, 2.05) is 0 Å². The summed E-state index contributed by atoms with van der Waals surface area (Å²) in [6.07, 6.45) is 1.32. The smallest absolute Gasteiger partial charge is 0.337 e. The zero-order chi connectivity index (χ0) is 24.7. The number of rotatable bonds is 7. The summed E-state index contributed by atoms with van der Waals surface area (Å²) in [7, 11) is 1.24. The minimum absolute atomic E-state index is 0.156. The normalized spacial score (nSPS) is 10.8. The second kappa shape index (κ2) is 11.0. The maximum Gasteiger partial charge on any atom is 0.337 e. The van der Waals surface area contributed by atoms with E-state index in [4.69, 9.17) is 0 Å². The van der Waals surface area contributed by atoms with E-state index in [-0.39, 0.29) is 22.6 Å². The first-order valence-corrected chi connectivity index (χ1v) is 10.6. The number of methoxy groups -OCH3 is 1. The van der Waals surface area contributed by atoms with Crippen molar-refractivity contribution in [3.8, 4) is 0 Å². The molecule has 0 saturated carbocycles. The van der Waals surface area contributed by atoms with Gasteiger partial charge in [0.15, 0.2) is 0 Å². The highest BCUT2D eigenvalue weighted by molar-refractivity contribution is 9.10. The van der Waals surface area contributed by atoms with Gasteiger partial charge in [0.2, 0.25) is 0 Å². The van der Waals surface area contributed by atoms with Crippen LogP contribution in [0.1, 0.15) is 26.3 Å². The molecule has 0 saturated heterocycles. The number of anilines is 1. The molecule has 0 aliphatic rings. The van der Waals surface area contributed by atoms with Crippen molar-refractivity contribution in [2.24, 2.45) is 0 Å². The van der Waals surface area contributed by atoms with E-state index in [0.29, 0.717) is 11.1 Å². The summed E-state index contributed by atoms with van der Waals surface area (Å²) >= 11 is 3.29. The molecule has 0 radical (unpaired) electrons. The van der Waals surface area contributed by atoms with Crippen LogP contribution in [0.2, 0.25) is 0 Å². The Morgan fingerprint density at radius 2 is 1.68 bits per heavy atom. The fourth-order valence-corrected chi connectivity index (χ4v) is 3.15. The molecule has 3 aromatic rings. The molecule has 0 unspecified atom stereocenters. The summed E-state index contributed by atoms with van der Waals surface area (Å²) < 4.78 is 5.46. The maximum atomic E-state index is 13.1. The van der Waals surface area contributed by atoms with Crippen LogP contribution in [-0.4, -0.2) is 29.8 Å². The number of carbonyl (C=O) groups excluding carboxylic acids is 3. The van der Waals surface area contributed by atoms with Crippen molar-refractivity contribution in [3.63, 3.8) is 0 Å². The van der Waals surface area contributed by atoms with Gasteiger partial charge in [-0.15, -0.1) is 0 Å². The summed E-state index contributed by atoms with van der Waals surface area (Å²) in [5.41, 5.74) is 0.821. The Labute approximate surface area is 202 Å². The van der Waals surface area contributed by atoms with Crippen molar-refractivity contribution in [1.29, 1.82) is 0 Å². The molecule has 0 atom stereocenters. The second-order valence-corrected chi connectivity index (χ2v) is 7.81. The van der Waals surface area contributed by atoms with E-state index in [9.17, 15) is 24.5 Å². The maximum absolute atomic E-state index is 13.1. The first-order chi connectivity index (χ1) is 16.3. The number of benzene rings is 3. The van der Waals surface area contributed by atoms with Crippen LogP contribution in [0.15, 0.2) is 83.0 Å². The van der Waals surface area contributed by atoms with Crippen LogP contribution < -0.4 is 10.6 Å². The number of nitro benzene ring substituents is 1. The standard InChI is InChI=1S/C24H18BrN3O6/c1-34-24(31)17-5-3-6-19(14-17)26-23(30)21(13-15-4-2-7-20(12-15)28(32)33)27-22(29)16-8-10-18(25)11-9-16/h2-14H,1H3,(H,26,30)(H,27,29)/b21-13-. The van der Waals surface area contributed by atoms with Gasteiger partial charge in [0.05, 0.1) is 17.6 Å². The van der Waals surface area contributed by atoms with Gasteiger partial charge in [0, 0.05) is 27.9 Å². The lowest BCUT2D eigenvalue weighted by molar-refractivity contribution is -0.384. The minimum atomic E-state index is -0.695. The topological polar surface area (TPSA) is 128 Å². The molecule has 0 aromatic heterocycles. The number of hydrogen-bond donors (Lipinski definition) is 2. The number of halogens is 1. The highest BCUT2D eigenvalue weighted by Crippen LogP contribution is 2.18. The Hall–Kier alpha value is -4.31. The number of ether oxygens (including phenoxy) is 1. The van der Waals surface area contributed by atoms with E-state index >= 15 is 0 Å². The molecule has 0 aliphatic carbocycles. The third kappa shape index (κ3) is 6.36. The molecule has 3 rings (SSSR count). The lowest BCUT2D eigenvalue weighted by atomic mass is 10.1. The summed E-state index contributed by atoms with van der Waals surface area (Å²) in [6.45, 7) is 0. The predicted octanol–water partition coefficient (Wildman–Crippen LogP) is 4.55. The molecule has 0 spiro atoms. The number of nitrogens with one attached hydrogen (secondary N) is 2. The lowest BCUT2D eigenvalue weighted by Crippen LogP contribution is -2.30. The molecule has 3 aromatic carbocycles. The van der Waals surface area contributed by atoms with Crippen LogP contribution in [0.25, 0.3) is 6.08 Å². The van der Waals surface area contributed by atoms with Crippen LogP contribution in [0.3, 0.4) is 0 Å². The molecule has 0 heterocycles. The van der Waals surface area contributed by atoms with Gasteiger partial charge in [-0.2, -0.15) is 0 Å². The van der Waals surface area contributed by atoms with Crippen LogP contribution in [0, 0.1) is 10.1 Å². The highest BCUT2D eigenvalue weighted by atomic mass is 79.9.